The van der Waals surface area contributed by atoms with Crippen LogP contribution in [0.15, 0.2) is 27.8 Å². The maximum atomic E-state index is 10.7. The second kappa shape index (κ2) is 6.62. The molecule has 112 valence electrons. The SMILES string of the molecule is Cc1cc(Br)cc(-c2nnc(SCC(=O)O)n2C(C)C)c1. The first-order valence-electron chi connectivity index (χ1n) is 6.45. The molecule has 21 heavy (non-hydrogen) atoms. The number of aromatic nitrogens is 3. The van der Waals surface area contributed by atoms with Gasteiger partial charge in [0.1, 0.15) is 0 Å². The van der Waals surface area contributed by atoms with Crippen LogP contribution >= 0.6 is 27.7 Å². The van der Waals surface area contributed by atoms with Gasteiger partial charge in [0.15, 0.2) is 11.0 Å². The molecule has 1 N–H and O–H groups in total. The van der Waals surface area contributed by atoms with Crippen molar-refractivity contribution in [2.45, 2.75) is 32.0 Å². The van der Waals surface area contributed by atoms with Crippen molar-refractivity contribution in [2.75, 3.05) is 5.75 Å². The van der Waals surface area contributed by atoms with Gasteiger partial charge in [-0.15, -0.1) is 10.2 Å². The van der Waals surface area contributed by atoms with E-state index < -0.39 is 5.97 Å². The van der Waals surface area contributed by atoms with Gasteiger partial charge in [-0.05, 0) is 44.5 Å². The zero-order valence-electron chi connectivity index (χ0n) is 12.0. The third-order valence-electron chi connectivity index (χ3n) is 2.81. The molecule has 0 bridgehead atoms. The maximum absolute atomic E-state index is 10.7. The molecule has 5 nitrogen and oxygen atoms in total. The molecule has 0 amide bonds. The van der Waals surface area contributed by atoms with E-state index in [1.54, 1.807) is 0 Å². The minimum absolute atomic E-state index is 0.0254. The van der Waals surface area contributed by atoms with Crippen LogP contribution in [0.1, 0.15) is 25.5 Å². The predicted octanol–water partition coefficient (Wildman–Crippen LogP) is 3.77. The summed E-state index contributed by atoms with van der Waals surface area (Å²) in [6.07, 6.45) is 0. The quantitative estimate of drug-likeness (QED) is 0.812. The largest absolute Gasteiger partial charge is 0.481 e. The molecule has 2 aromatic rings. The fourth-order valence-electron chi connectivity index (χ4n) is 2.03. The number of hydrogen-bond donors (Lipinski definition) is 1. The van der Waals surface area contributed by atoms with Crippen LogP contribution < -0.4 is 0 Å². The van der Waals surface area contributed by atoms with Gasteiger partial charge in [-0.3, -0.25) is 9.36 Å². The Morgan fingerprint density at radius 1 is 1.38 bits per heavy atom. The first-order valence-corrected chi connectivity index (χ1v) is 8.23. The molecule has 1 heterocycles. The number of nitrogens with zero attached hydrogens (tertiary/aromatic N) is 3. The number of halogens is 1. The van der Waals surface area contributed by atoms with Crippen molar-refractivity contribution in [1.82, 2.24) is 14.8 Å². The Morgan fingerprint density at radius 3 is 2.67 bits per heavy atom. The summed E-state index contributed by atoms with van der Waals surface area (Å²) in [7, 11) is 0. The molecule has 7 heteroatoms. The van der Waals surface area contributed by atoms with Gasteiger partial charge in [-0.1, -0.05) is 27.7 Å². The predicted molar refractivity (Wildman–Crippen MR) is 86.6 cm³/mol. The van der Waals surface area contributed by atoms with Crippen LogP contribution in [0.25, 0.3) is 11.4 Å². The van der Waals surface area contributed by atoms with Gasteiger partial charge >= 0.3 is 5.97 Å². The van der Waals surface area contributed by atoms with E-state index in [-0.39, 0.29) is 11.8 Å². The number of carboxylic acids is 1. The van der Waals surface area contributed by atoms with Crippen molar-refractivity contribution < 1.29 is 9.90 Å². The molecule has 0 radical (unpaired) electrons. The van der Waals surface area contributed by atoms with Crippen LogP contribution in [0.5, 0.6) is 0 Å². The molecule has 0 saturated heterocycles. The van der Waals surface area contributed by atoms with E-state index in [0.29, 0.717) is 5.16 Å². The van der Waals surface area contributed by atoms with Gasteiger partial charge in [0.2, 0.25) is 0 Å². The van der Waals surface area contributed by atoms with Gasteiger partial charge in [0.25, 0.3) is 0 Å². The topological polar surface area (TPSA) is 68.0 Å². The van der Waals surface area contributed by atoms with Crippen molar-refractivity contribution in [3.63, 3.8) is 0 Å². The van der Waals surface area contributed by atoms with Crippen LogP contribution in [0.2, 0.25) is 0 Å². The second-order valence-electron chi connectivity index (χ2n) is 4.97. The average molecular weight is 370 g/mol. The first-order chi connectivity index (χ1) is 9.88. The monoisotopic (exact) mass is 369 g/mol. The van der Waals surface area contributed by atoms with Crippen LogP contribution in [-0.4, -0.2) is 31.6 Å². The number of benzene rings is 1. The Bertz CT molecular complexity index is 650. The minimum Gasteiger partial charge on any atom is -0.481 e. The Morgan fingerprint density at radius 2 is 2.10 bits per heavy atom. The van der Waals surface area contributed by atoms with E-state index in [2.05, 4.69) is 26.1 Å². The normalized spacial score (nSPS) is 11.1. The molecule has 0 spiro atoms. The third-order valence-corrected chi connectivity index (χ3v) is 4.19. The molecule has 2 rings (SSSR count). The molecule has 0 fully saturated rings. The molecule has 1 aromatic heterocycles. The highest BCUT2D eigenvalue weighted by molar-refractivity contribution is 9.10. The zero-order chi connectivity index (χ0) is 15.6. The van der Waals surface area contributed by atoms with Gasteiger partial charge in [0.05, 0.1) is 5.75 Å². The molecular weight excluding hydrogens is 354 g/mol. The minimum atomic E-state index is -0.863. The second-order valence-corrected chi connectivity index (χ2v) is 6.83. The Hall–Kier alpha value is -1.34. The lowest BCUT2D eigenvalue weighted by molar-refractivity contribution is -0.133. The molecule has 0 aliphatic heterocycles. The van der Waals surface area contributed by atoms with E-state index in [1.165, 1.54) is 11.8 Å². The van der Waals surface area contributed by atoms with Crippen molar-refractivity contribution in [3.8, 4) is 11.4 Å². The molecule has 0 atom stereocenters. The highest BCUT2D eigenvalue weighted by Gasteiger charge is 2.18. The average Bonchev–Trinajstić information content (AvgIpc) is 2.78. The molecule has 0 unspecified atom stereocenters. The fraction of sp³-hybridized carbons (Fsp3) is 0.357. The van der Waals surface area contributed by atoms with Crippen LogP contribution in [0, 0.1) is 6.92 Å². The Kier molecular flexibility index (Phi) is 5.05. The summed E-state index contributed by atoms with van der Waals surface area (Å²) >= 11 is 4.67. The fourth-order valence-corrected chi connectivity index (χ4v) is 3.42. The van der Waals surface area contributed by atoms with E-state index in [9.17, 15) is 4.79 Å². The number of aryl methyl sites for hydroxylation is 1. The van der Waals surface area contributed by atoms with E-state index in [0.717, 1.165) is 21.4 Å². The number of thioether (sulfide) groups is 1. The van der Waals surface area contributed by atoms with E-state index in [1.807, 2.05) is 43.5 Å². The summed E-state index contributed by atoms with van der Waals surface area (Å²) in [6, 6.07) is 6.20. The van der Waals surface area contributed by atoms with Crippen LogP contribution in [-0.2, 0) is 4.79 Å². The van der Waals surface area contributed by atoms with Crippen LogP contribution in [0.4, 0.5) is 0 Å². The molecule has 0 saturated carbocycles. The van der Waals surface area contributed by atoms with Gasteiger partial charge in [-0.25, -0.2) is 0 Å². The maximum Gasteiger partial charge on any atom is 0.313 e. The molecular formula is C14H16BrN3O2S. The summed E-state index contributed by atoms with van der Waals surface area (Å²) in [5, 5.41) is 17.8. The number of aliphatic carboxylic acids is 1. The lowest BCUT2D eigenvalue weighted by Gasteiger charge is -2.14. The smallest absolute Gasteiger partial charge is 0.313 e. The summed E-state index contributed by atoms with van der Waals surface area (Å²) in [5.74, 6) is -0.136. The molecule has 0 aliphatic carbocycles. The number of rotatable bonds is 5. The van der Waals surface area contributed by atoms with E-state index >= 15 is 0 Å². The van der Waals surface area contributed by atoms with E-state index in [4.69, 9.17) is 5.11 Å². The van der Waals surface area contributed by atoms with Gasteiger partial charge in [0, 0.05) is 16.1 Å². The summed E-state index contributed by atoms with van der Waals surface area (Å²) in [6.45, 7) is 6.08. The highest BCUT2D eigenvalue weighted by atomic mass is 79.9. The number of hydrogen-bond acceptors (Lipinski definition) is 4. The van der Waals surface area contributed by atoms with Gasteiger partial charge in [-0.2, -0.15) is 0 Å². The third kappa shape index (κ3) is 3.85. The van der Waals surface area contributed by atoms with Crippen molar-refractivity contribution in [2.24, 2.45) is 0 Å². The summed E-state index contributed by atoms with van der Waals surface area (Å²) < 4.78 is 2.95. The van der Waals surface area contributed by atoms with Crippen molar-refractivity contribution in [1.29, 1.82) is 0 Å². The van der Waals surface area contributed by atoms with Crippen molar-refractivity contribution >= 4 is 33.7 Å². The Balaban J connectivity index is 2.46. The standard InChI is InChI=1S/C14H16BrN3O2S/c1-8(2)18-13(10-4-9(3)5-11(15)6-10)16-17-14(18)21-7-12(19)20/h4-6,8H,7H2,1-3H3,(H,19,20). The number of carboxylic acid groups (broad SMARTS) is 1. The molecule has 1 aromatic carbocycles. The first kappa shape index (κ1) is 16.0. The highest BCUT2D eigenvalue weighted by Crippen LogP contribution is 2.29. The lowest BCUT2D eigenvalue weighted by Crippen LogP contribution is -2.07. The van der Waals surface area contributed by atoms with Crippen molar-refractivity contribution in [3.05, 3.63) is 28.2 Å². The zero-order valence-corrected chi connectivity index (χ0v) is 14.4. The van der Waals surface area contributed by atoms with Crippen LogP contribution in [0.3, 0.4) is 0 Å². The lowest BCUT2D eigenvalue weighted by atomic mass is 10.1. The number of carbonyl (C=O) groups is 1. The van der Waals surface area contributed by atoms with Gasteiger partial charge < -0.3 is 5.11 Å². The Labute approximate surface area is 135 Å². The summed E-state index contributed by atoms with van der Waals surface area (Å²) in [5.41, 5.74) is 2.09. The molecule has 0 aliphatic rings. The summed E-state index contributed by atoms with van der Waals surface area (Å²) in [4.78, 5) is 10.7.